The Morgan fingerprint density at radius 3 is 2.79 bits per heavy atom. The van der Waals surface area contributed by atoms with Gasteiger partial charge in [-0.25, -0.2) is 4.98 Å². The van der Waals surface area contributed by atoms with Gasteiger partial charge in [0.15, 0.2) is 5.82 Å². The molecule has 0 fully saturated rings. The summed E-state index contributed by atoms with van der Waals surface area (Å²) in [4.78, 5) is 8.31. The van der Waals surface area contributed by atoms with Gasteiger partial charge in [0.1, 0.15) is 5.75 Å². The lowest BCUT2D eigenvalue weighted by Crippen LogP contribution is -1.98. The van der Waals surface area contributed by atoms with Crippen molar-refractivity contribution in [2.45, 2.75) is 6.54 Å². The smallest absolute Gasteiger partial charge is 0.257 e. The minimum absolute atomic E-state index is 0.498. The molecular formula is C13H12N4O2. The molecule has 19 heavy (non-hydrogen) atoms. The van der Waals surface area contributed by atoms with Crippen molar-refractivity contribution < 1.29 is 9.26 Å². The van der Waals surface area contributed by atoms with E-state index in [2.05, 4.69) is 15.1 Å². The maximum Gasteiger partial charge on any atom is 0.257 e. The highest BCUT2D eigenvalue weighted by atomic mass is 16.5. The van der Waals surface area contributed by atoms with Crippen molar-refractivity contribution in [3.63, 3.8) is 0 Å². The minimum Gasteiger partial charge on any atom is -0.497 e. The number of rotatable bonds is 4. The number of hydrogen-bond acceptors (Lipinski definition) is 5. The summed E-state index contributed by atoms with van der Waals surface area (Å²) in [6.45, 7) is 0.541. The van der Waals surface area contributed by atoms with E-state index in [-0.39, 0.29) is 0 Å². The minimum atomic E-state index is 0.498. The first-order valence-electron chi connectivity index (χ1n) is 5.78. The van der Waals surface area contributed by atoms with Crippen molar-refractivity contribution in [1.82, 2.24) is 19.7 Å². The number of benzene rings is 1. The van der Waals surface area contributed by atoms with Crippen molar-refractivity contribution in [2.24, 2.45) is 0 Å². The van der Waals surface area contributed by atoms with E-state index in [4.69, 9.17) is 9.26 Å². The van der Waals surface area contributed by atoms with Gasteiger partial charge in [0, 0.05) is 18.0 Å². The zero-order valence-electron chi connectivity index (χ0n) is 10.4. The topological polar surface area (TPSA) is 66.0 Å². The Balaban J connectivity index is 1.80. The first-order valence-corrected chi connectivity index (χ1v) is 5.78. The molecule has 0 atom stereocenters. The molecule has 96 valence electrons. The van der Waals surface area contributed by atoms with E-state index in [1.165, 1.54) is 0 Å². The highest BCUT2D eigenvalue weighted by Crippen LogP contribution is 2.20. The van der Waals surface area contributed by atoms with Crippen molar-refractivity contribution in [2.75, 3.05) is 7.11 Å². The van der Waals surface area contributed by atoms with Gasteiger partial charge in [0.25, 0.3) is 5.89 Å². The van der Waals surface area contributed by atoms with Crippen molar-refractivity contribution in [1.29, 1.82) is 0 Å². The Hall–Kier alpha value is -2.63. The molecular weight excluding hydrogens is 244 g/mol. The van der Waals surface area contributed by atoms with Crippen LogP contribution in [0.25, 0.3) is 11.5 Å². The summed E-state index contributed by atoms with van der Waals surface area (Å²) in [5.41, 5.74) is 0.866. The molecule has 3 aromatic rings. The number of methoxy groups -OCH3 is 1. The summed E-state index contributed by atoms with van der Waals surface area (Å²) in [6, 6.07) is 7.48. The SMILES string of the molecule is COc1ccc(-c2nc(Cn3ccnc3)no2)cc1. The van der Waals surface area contributed by atoms with Gasteiger partial charge in [0.2, 0.25) is 0 Å². The van der Waals surface area contributed by atoms with Crippen LogP contribution in [0.1, 0.15) is 5.82 Å². The third-order valence-electron chi connectivity index (χ3n) is 2.69. The molecule has 3 rings (SSSR count). The summed E-state index contributed by atoms with van der Waals surface area (Å²) >= 11 is 0. The van der Waals surface area contributed by atoms with E-state index in [1.807, 2.05) is 35.0 Å². The van der Waals surface area contributed by atoms with Gasteiger partial charge in [0.05, 0.1) is 20.0 Å². The average Bonchev–Trinajstić information content (AvgIpc) is 3.11. The van der Waals surface area contributed by atoms with Gasteiger partial charge >= 0.3 is 0 Å². The summed E-state index contributed by atoms with van der Waals surface area (Å²) in [5.74, 6) is 1.91. The van der Waals surface area contributed by atoms with Gasteiger partial charge in [-0.2, -0.15) is 4.98 Å². The van der Waals surface area contributed by atoms with Crippen LogP contribution in [0.3, 0.4) is 0 Å². The van der Waals surface area contributed by atoms with E-state index in [9.17, 15) is 0 Å². The molecule has 0 bridgehead atoms. The highest BCUT2D eigenvalue weighted by molar-refractivity contribution is 5.54. The summed E-state index contributed by atoms with van der Waals surface area (Å²) in [5, 5.41) is 3.94. The Morgan fingerprint density at radius 2 is 2.11 bits per heavy atom. The number of imidazole rings is 1. The molecule has 0 amide bonds. The zero-order chi connectivity index (χ0) is 13.1. The zero-order valence-corrected chi connectivity index (χ0v) is 10.4. The van der Waals surface area contributed by atoms with Crippen LogP contribution in [-0.2, 0) is 6.54 Å². The van der Waals surface area contributed by atoms with Crippen molar-refractivity contribution in [3.05, 3.63) is 48.8 Å². The summed E-state index contributed by atoms with van der Waals surface area (Å²) in [6.07, 6.45) is 5.28. The first kappa shape index (κ1) is 11.5. The highest BCUT2D eigenvalue weighted by Gasteiger charge is 2.09. The molecule has 0 radical (unpaired) electrons. The lowest BCUT2D eigenvalue weighted by atomic mass is 10.2. The van der Waals surface area contributed by atoms with Crippen LogP contribution in [0.2, 0.25) is 0 Å². The molecule has 0 unspecified atom stereocenters. The second-order valence-electron chi connectivity index (χ2n) is 3.98. The largest absolute Gasteiger partial charge is 0.497 e. The van der Waals surface area contributed by atoms with Crippen LogP contribution in [0, 0.1) is 0 Å². The standard InChI is InChI=1S/C13H12N4O2/c1-18-11-4-2-10(3-5-11)13-15-12(16-19-13)8-17-7-6-14-9-17/h2-7,9H,8H2,1H3. The monoisotopic (exact) mass is 256 g/mol. The Labute approximate surface area is 109 Å². The van der Waals surface area contributed by atoms with Crippen LogP contribution < -0.4 is 4.74 Å². The van der Waals surface area contributed by atoms with Crippen LogP contribution in [0.15, 0.2) is 47.5 Å². The van der Waals surface area contributed by atoms with E-state index in [1.54, 1.807) is 19.6 Å². The molecule has 0 N–H and O–H groups in total. The van der Waals surface area contributed by atoms with Gasteiger partial charge in [-0.15, -0.1) is 0 Å². The Kier molecular flexibility index (Phi) is 2.97. The second kappa shape index (κ2) is 4.93. The number of nitrogens with zero attached hydrogens (tertiary/aromatic N) is 4. The predicted octanol–water partition coefficient (Wildman–Crippen LogP) is 1.99. The lowest BCUT2D eigenvalue weighted by Gasteiger charge is -1.98. The maximum atomic E-state index is 5.24. The fraction of sp³-hybridized carbons (Fsp3) is 0.154. The molecule has 0 saturated carbocycles. The van der Waals surface area contributed by atoms with Crippen LogP contribution in [0.4, 0.5) is 0 Å². The molecule has 0 aliphatic carbocycles. The lowest BCUT2D eigenvalue weighted by molar-refractivity contribution is 0.413. The molecule has 0 aliphatic rings. The Morgan fingerprint density at radius 1 is 1.26 bits per heavy atom. The van der Waals surface area contributed by atoms with Crippen LogP contribution in [0.5, 0.6) is 5.75 Å². The van der Waals surface area contributed by atoms with E-state index < -0.39 is 0 Å². The van der Waals surface area contributed by atoms with Crippen LogP contribution in [-0.4, -0.2) is 26.8 Å². The molecule has 1 aromatic carbocycles. The molecule has 0 saturated heterocycles. The Bertz CT molecular complexity index is 644. The molecule has 6 heteroatoms. The molecule has 6 nitrogen and oxygen atoms in total. The third kappa shape index (κ3) is 2.47. The number of aromatic nitrogens is 4. The molecule has 2 aromatic heterocycles. The molecule has 0 spiro atoms. The summed E-state index contributed by atoms with van der Waals surface area (Å²) in [7, 11) is 1.63. The van der Waals surface area contributed by atoms with Gasteiger partial charge in [-0.3, -0.25) is 0 Å². The predicted molar refractivity (Wildman–Crippen MR) is 67.6 cm³/mol. The van der Waals surface area contributed by atoms with Crippen molar-refractivity contribution >= 4 is 0 Å². The third-order valence-corrected chi connectivity index (χ3v) is 2.69. The second-order valence-corrected chi connectivity index (χ2v) is 3.98. The van der Waals surface area contributed by atoms with Gasteiger partial charge < -0.3 is 13.8 Å². The van der Waals surface area contributed by atoms with Crippen molar-refractivity contribution in [3.8, 4) is 17.2 Å². The quantitative estimate of drug-likeness (QED) is 0.714. The average molecular weight is 256 g/mol. The first-order chi connectivity index (χ1) is 9.35. The van der Waals surface area contributed by atoms with Gasteiger partial charge in [-0.1, -0.05) is 5.16 Å². The van der Waals surface area contributed by atoms with E-state index in [0.29, 0.717) is 18.3 Å². The number of hydrogen-bond donors (Lipinski definition) is 0. The normalized spacial score (nSPS) is 10.6. The molecule has 2 heterocycles. The maximum absolute atomic E-state index is 5.24. The van der Waals surface area contributed by atoms with Crippen LogP contribution >= 0.6 is 0 Å². The van der Waals surface area contributed by atoms with E-state index >= 15 is 0 Å². The fourth-order valence-corrected chi connectivity index (χ4v) is 1.71. The summed E-state index contributed by atoms with van der Waals surface area (Å²) < 4.78 is 12.2. The molecule has 0 aliphatic heterocycles. The fourth-order valence-electron chi connectivity index (χ4n) is 1.71. The number of ether oxygens (including phenoxy) is 1. The van der Waals surface area contributed by atoms with Gasteiger partial charge in [-0.05, 0) is 24.3 Å². The van der Waals surface area contributed by atoms with E-state index in [0.717, 1.165) is 11.3 Å².